The zero-order chi connectivity index (χ0) is 11.6. The summed E-state index contributed by atoms with van der Waals surface area (Å²) in [5.41, 5.74) is 0. The molecule has 88 valence electrons. The van der Waals surface area contributed by atoms with Crippen LogP contribution in [0.3, 0.4) is 0 Å². The van der Waals surface area contributed by atoms with Crippen LogP contribution in [-0.2, 0) is 14.8 Å². The number of carbonyl (C=O) groups excluding carboxylic acids is 1. The van der Waals surface area contributed by atoms with E-state index >= 15 is 0 Å². The van der Waals surface area contributed by atoms with Crippen LogP contribution in [0.15, 0.2) is 0 Å². The van der Waals surface area contributed by atoms with E-state index in [4.69, 9.17) is 0 Å². The summed E-state index contributed by atoms with van der Waals surface area (Å²) in [7, 11) is -3.13. The number of piperidine rings is 1. The molecule has 0 aromatic rings. The average Bonchev–Trinajstić information content (AvgIpc) is 2.17. The van der Waals surface area contributed by atoms with Crippen LogP contribution in [0.4, 0.5) is 0 Å². The van der Waals surface area contributed by atoms with Crippen molar-refractivity contribution in [2.45, 2.75) is 38.9 Å². The molecule has 0 radical (unpaired) electrons. The Hall–Kier alpha value is -0.420. The Labute approximate surface area is 91.7 Å². The summed E-state index contributed by atoms with van der Waals surface area (Å²) in [4.78, 5) is 11.1. The molecular formula is C10H19NO3S. The molecule has 1 rings (SSSR count). The molecule has 0 aromatic heterocycles. The van der Waals surface area contributed by atoms with Gasteiger partial charge in [0.2, 0.25) is 10.0 Å². The lowest BCUT2D eigenvalue weighted by atomic mass is 9.95. The third-order valence-corrected chi connectivity index (χ3v) is 5.26. The molecule has 0 aliphatic carbocycles. The van der Waals surface area contributed by atoms with Gasteiger partial charge in [-0.25, -0.2) is 12.7 Å². The molecule has 0 N–H and O–H groups in total. The molecule has 0 bridgehead atoms. The molecule has 1 heterocycles. The van der Waals surface area contributed by atoms with Gasteiger partial charge in [0.25, 0.3) is 0 Å². The van der Waals surface area contributed by atoms with Gasteiger partial charge in [0.1, 0.15) is 5.78 Å². The number of sulfonamides is 1. The van der Waals surface area contributed by atoms with E-state index in [9.17, 15) is 13.2 Å². The van der Waals surface area contributed by atoms with E-state index < -0.39 is 10.0 Å². The number of nitrogens with zero attached hydrogens (tertiary/aromatic N) is 1. The fourth-order valence-electron chi connectivity index (χ4n) is 1.81. The summed E-state index contributed by atoms with van der Waals surface area (Å²) >= 11 is 0. The zero-order valence-electron chi connectivity index (χ0n) is 9.56. The van der Waals surface area contributed by atoms with Gasteiger partial charge in [-0.05, 0) is 33.6 Å². The second-order valence-electron chi connectivity index (χ2n) is 4.38. The normalized spacial score (nSPS) is 20.8. The predicted molar refractivity (Wildman–Crippen MR) is 59.0 cm³/mol. The van der Waals surface area contributed by atoms with Gasteiger partial charge in [-0.3, -0.25) is 4.79 Å². The molecule has 0 amide bonds. The highest BCUT2D eigenvalue weighted by atomic mass is 32.2. The van der Waals surface area contributed by atoms with E-state index in [-0.39, 0.29) is 17.0 Å². The van der Waals surface area contributed by atoms with Crippen molar-refractivity contribution in [3.05, 3.63) is 0 Å². The third-order valence-electron chi connectivity index (χ3n) is 2.98. The van der Waals surface area contributed by atoms with Crippen molar-refractivity contribution < 1.29 is 13.2 Å². The van der Waals surface area contributed by atoms with E-state index in [0.717, 1.165) is 0 Å². The fraction of sp³-hybridized carbons (Fsp3) is 0.900. The molecule has 1 aliphatic rings. The van der Waals surface area contributed by atoms with Crippen molar-refractivity contribution in [1.82, 2.24) is 4.31 Å². The Morgan fingerprint density at radius 2 is 1.73 bits per heavy atom. The lowest BCUT2D eigenvalue weighted by Crippen LogP contribution is -2.42. The van der Waals surface area contributed by atoms with E-state index in [2.05, 4.69) is 0 Å². The Balaban J connectivity index is 2.62. The van der Waals surface area contributed by atoms with E-state index in [1.54, 1.807) is 20.8 Å². The van der Waals surface area contributed by atoms with Crippen LogP contribution in [0.1, 0.15) is 33.6 Å². The molecule has 4 nitrogen and oxygen atoms in total. The highest BCUT2D eigenvalue weighted by Crippen LogP contribution is 2.21. The van der Waals surface area contributed by atoms with Gasteiger partial charge < -0.3 is 0 Å². The van der Waals surface area contributed by atoms with Crippen molar-refractivity contribution >= 4 is 15.8 Å². The molecular weight excluding hydrogens is 214 g/mol. The number of ketones is 1. The van der Waals surface area contributed by atoms with Crippen LogP contribution in [0, 0.1) is 5.92 Å². The second-order valence-corrected chi connectivity index (χ2v) is 6.87. The standard InChI is InChI=1S/C10H19NO3S/c1-8(2)15(13,14)11-6-4-10(5-7-11)9(3)12/h8,10H,4-7H2,1-3H3. The lowest BCUT2D eigenvalue weighted by molar-refractivity contribution is -0.121. The van der Waals surface area contributed by atoms with Crippen LogP contribution in [0.5, 0.6) is 0 Å². The van der Waals surface area contributed by atoms with Gasteiger partial charge in [-0.1, -0.05) is 0 Å². The molecule has 5 heteroatoms. The fourth-order valence-corrected chi connectivity index (χ4v) is 3.13. The summed E-state index contributed by atoms with van der Waals surface area (Å²) in [5.74, 6) is 0.236. The molecule has 1 saturated heterocycles. The van der Waals surface area contributed by atoms with Crippen molar-refractivity contribution in [3.63, 3.8) is 0 Å². The maximum atomic E-state index is 11.8. The van der Waals surface area contributed by atoms with Gasteiger partial charge in [-0.2, -0.15) is 0 Å². The van der Waals surface area contributed by atoms with Gasteiger partial charge in [0, 0.05) is 19.0 Å². The first-order valence-electron chi connectivity index (χ1n) is 5.35. The number of hydrogen-bond donors (Lipinski definition) is 0. The molecule has 0 unspecified atom stereocenters. The highest BCUT2D eigenvalue weighted by Gasteiger charge is 2.31. The van der Waals surface area contributed by atoms with E-state index in [1.807, 2.05) is 0 Å². The van der Waals surface area contributed by atoms with Gasteiger partial charge in [-0.15, -0.1) is 0 Å². The largest absolute Gasteiger partial charge is 0.300 e. The van der Waals surface area contributed by atoms with Crippen molar-refractivity contribution in [1.29, 1.82) is 0 Å². The smallest absolute Gasteiger partial charge is 0.216 e. The summed E-state index contributed by atoms with van der Waals surface area (Å²) < 4.78 is 25.1. The monoisotopic (exact) mass is 233 g/mol. The Bertz CT molecular complexity index is 327. The van der Waals surface area contributed by atoms with E-state index in [0.29, 0.717) is 25.9 Å². The van der Waals surface area contributed by atoms with Gasteiger partial charge >= 0.3 is 0 Å². The minimum absolute atomic E-state index is 0.0589. The maximum Gasteiger partial charge on any atom is 0.216 e. The number of hydrogen-bond acceptors (Lipinski definition) is 3. The Morgan fingerprint density at radius 1 is 1.27 bits per heavy atom. The molecule has 0 saturated carbocycles. The molecule has 0 spiro atoms. The third kappa shape index (κ3) is 2.78. The van der Waals surface area contributed by atoms with Crippen LogP contribution < -0.4 is 0 Å². The van der Waals surface area contributed by atoms with Crippen molar-refractivity contribution in [2.75, 3.05) is 13.1 Å². The van der Waals surface area contributed by atoms with Crippen LogP contribution in [0.2, 0.25) is 0 Å². The van der Waals surface area contributed by atoms with Gasteiger partial charge in [0.05, 0.1) is 5.25 Å². The predicted octanol–water partition coefficient (Wildman–Crippen LogP) is 1.03. The SMILES string of the molecule is CC(=O)C1CCN(S(=O)(=O)C(C)C)CC1. The summed E-state index contributed by atoms with van der Waals surface area (Å²) in [6.07, 6.45) is 1.34. The summed E-state index contributed by atoms with van der Waals surface area (Å²) in [6, 6.07) is 0. The van der Waals surface area contributed by atoms with Crippen LogP contribution in [0.25, 0.3) is 0 Å². The van der Waals surface area contributed by atoms with Crippen LogP contribution in [-0.4, -0.2) is 36.8 Å². The average molecular weight is 233 g/mol. The summed E-state index contributed by atoms with van der Waals surface area (Å²) in [6.45, 7) is 5.94. The highest BCUT2D eigenvalue weighted by molar-refractivity contribution is 7.89. The molecule has 0 atom stereocenters. The first kappa shape index (κ1) is 12.6. The van der Waals surface area contributed by atoms with E-state index in [1.165, 1.54) is 4.31 Å². The van der Waals surface area contributed by atoms with Gasteiger partial charge in [0.15, 0.2) is 0 Å². The molecule has 0 aromatic carbocycles. The summed E-state index contributed by atoms with van der Waals surface area (Å²) in [5, 5.41) is -0.369. The quantitative estimate of drug-likeness (QED) is 0.731. The maximum absolute atomic E-state index is 11.8. The Kier molecular flexibility index (Phi) is 3.89. The minimum atomic E-state index is -3.13. The first-order valence-corrected chi connectivity index (χ1v) is 6.85. The Morgan fingerprint density at radius 3 is 2.07 bits per heavy atom. The molecule has 1 aliphatic heterocycles. The second kappa shape index (κ2) is 4.61. The topological polar surface area (TPSA) is 54.5 Å². The van der Waals surface area contributed by atoms with Crippen molar-refractivity contribution in [2.24, 2.45) is 5.92 Å². The number of carbonyl (C=O) groups is 1. The number of rotatable bonds is 3. The first-order chi connectivity index (χ1) is 6.85. The minimum Gasteiger partial charge on any atom is -0.300 e. The zero-order valence-corrected chi connectivity index (χ0v) is 10.4. The van der Waals surface area contributed by atoms with Crippen LogP contribution >= 0.6 is 0 Å². The van der Waals surface area contributed by atoms with Crippen molar-refractivity contribution in [3.8, 4) is 0 Å². The molecule has 1 fully saturated rings. The number of Topliss-reactive ketones (excluding diaryl/α,β-unsaturated/α-hetero) is 1. The molecule has 15 heavy (non-hydrogen) atoms. The lowest BCUT2D eigenvalue weighted by Gasteiger charge is -2.31.